The van der Waals surface area contributed by atoms with Gasteiger partial charge in [0.25, 0.3) is 0 Å². The maximum atomic E-state index is 10.8. The van der Waals surface area contributed by atoms with Gasteiger partial charge in [-0.25, -0.2) is 9.78 Å². The summed E-state index contributed by atoms with van der Waals surface area (Å²) in [5.41, 5.74) is 9.01. The van der Waals surface area contributed by atoms with E-state index >= 15 is 0 Å². The number of hydrogen-bond acceptors (Lipinski definition) is 4. The van der Waals surface area contributed by atoms with Crippen LogP contribution in [0.3, 0.4) is 0 Å². The van der Waals surface area contributed by atoms with Crippen molar-refractivity contribution in [2.75, 3.05) is 10.6 Å². The van der Waals surface area contributed by atoms with Gasteiger partial charge in [0.1, 0.15) is 11.9 Å². The van der Waals surface area contributed by atoms with Crippen molar-refractivity contribution in [1.82, 2.24) is 4.98 Å². The third-order valence-corrected chi connectivity index (χ3v) is 3.14. The van der Waals surface area contributed by atoms with Crippen molar-refractivity contribution in [3.8, 4) is 6.07 Å². The molecular formula is C16H17N5O. The molecule has 0 unspecified atom stereocenters. The van der Waals surface area contributed by atoms with Crippen LogP contribution in [0.4, 0.5) is 16.3 Å². The second-order valence-electron chi connectivity index (χ2n) is 4.96. The third-order valence-electron chi connectivity index (χ3n) is 3.14. The lowest BCUT2D eigenvalue weighted by Crippen LogP contribution is -2.19. The Hall–Kier alpha value is -3.07. The van der Waals surface area contributed by atoms with Gasteiger partial charge in [0.05, 0.1) is 5.56 Å². The van der Waals surface area contributed by atoms with Crippen molar-refractivity contribution in [1.29, 1.82) is 5.26 Å². The van der Waals surface area contributed by atoms with E-state index in [0.29, 0.717) is 23.6 Å². The number of pyridine rings is 1. The molecule has 1 aromatic heterocycles. The van der Waals surface area contributed by atoms with Gasteiger partial charge in [-0.1, -0.05) is 12.1 Å². The zero-order valence-corrected chi connectivity index (χ0v) is 12.5. The van der Waals surface area contributed by atoms with E-state index < -0.39 is 6.03 Å². The minimum Gasteiger partial charge on any atom is -0.365 e. The number of primary amides is 1. The van der Waals surface area contributed by atoms with Crippen LogP contribution >= 0.6 is 0 Å². The predicted molar refractivity (Wildman–Crippen MR) is 85.4 cm³/mol. The van der Waals surface area contributed by atoms with Crippen LogP contribution in [-0.2, 0) is 6.54 Å². The average molecular weight is 295 g/mol. The number of carbonyl (C=O) groups excluding carboxylic acids is 1. The Bertz CT molecular complexity index is 731. The molecule has 2 amide bonds. The number of nitriles is 1. The van der Waals surface area contributed by atoms with Crippen LogP contribution in [0.15, 0.2) is 30.3 Å². The summed E-state index contributed by atoms with van der Waals surface area (Å²) in [4.78, 5) is 15.1. The predicted octanol–water partition coefficient (Wildman–Crippen LogP) is 2.67. The summed E-state index contributed by atoms with van der Waals surface area (Å²) >= 11 is 0. The number of rotatable bonds is 4. The zero-order chi connectivity index (χ0) is 16.1. The molecule has 0 saturated carbocycles. The molecule has 2 rings (SSSR count). The van der Waals surface area contributed by atoms with Crippen molar-refractivity contribution in [2.45, 2.75) is 20.4 Å². The average Bonchev–Trinajstić information content (AvgIpc) is 2.45. The second-order valence-corrected chi connectivity index (χ2v) is 4.96. The lowest BCUT2D eigenvalue weighted by atomic mass is 10.1. The van der Waals surface area contributed by atoms with Crippen molar-refractivity contribution < 1.29 is 4.79 Å². The highest BCUT2D eigenvalue weighted by Gasteiger charge is 2.08. The molecule has 0 fully saturated rings. The van der Waals surface area contributed by atoms with Crippen LogP contribution < -0.4 is 16.4 Å². The number of aryl methyl sites for hydroxylation is 2. The Kier molecular flexibility index (Phi) is 4.59. The van der Waals surface area contributed by atoms with Gasteiger partial charge in [0.15, 0.2) is 0 Å². The maximum absolute atomic E-state index is 10.8. The molecule has 0 spiro atoms. The molecule has 1 heterocycles. The highest BCUT2D eigenvalue weighted by molar-refractivity contribution is 5.87. The molecule has 0 radical (unpaired) electrons. The van der Waals surface area contributed by atoms with E-state index in [2.05, 4.69) is 21.7 Å². The van der Waals surface area contributed by atoms with E-state index in [9.17, 15) is 10.1 Å². The highest BCUT2D eigenvalue weighted by Crippen LogP contribution is 2.18. The summed E-state index contributed by atoms with van der Waals surface area (Å²) in [6.45, 7) is 4.31. The van der Waals surface area contributed by atoms with Crippen molar-refractivity contribution in [3.05, 3.63) is 52.7 Å². The van der Waals surface area contributed by atoms with E-state index in [0.717, 1.165) is 16.8 Å². The van der Waals surface area contributed by atoms with Crippen LogP contribution in [0.5, 0.6) is 0 Å². The number of aromatic nitrogens is 1. The third kappa shape index (κ3) is 3.73. The van der Waals surface area contributed by atoms with E-state index in [-0.39, 0.29) is 0 Å². The Morgan fingerprint density at radius 3 is 2.59 bits per heavy atom. The molecule has 0 saturated heterocycles. The van der Waals surface area contributed by atoms with Crippen LogP contribution in [0.2, 0.25) is 0 Å². The standard InChI is InChI=1S/C16H17N5O/c1-10-7-11(2)20-15(14(10)8-17)19-9-12-3-5-13(6-4-12)21-16(18)22/h3-7H,9H2,1-2H3,(H,19,20)(H3,18,21,22). The summed E-state index contributed by atoms with van der Waals surface area (Å²) in [5.74, 6) is 0.583. The topological polar surface area (TPSA) is 104 Å². The first kappa shape index (κ1) is 15.3. The molecule has 0 aliphatic carbocycles. The van der Waals surface area contributed by atoms with E-state index in [4.69, 9.17) is 5.73 Å². The smallest absolute Gasteiger partial charge is 0.316 e. The lowest BCUT2D eigenvalue weighted by Gasteiger charge is -2.11. The fourth-order valence-electron chi connectivity index (χ4n) is 2.14. The summed E-state index contributed by atoms with van der Waals surface area (Å²) in [6.07, 6.45) is 0. The highest BCUT2D eigenvalue weighted by atomic mass is 16.2. The number of nitrogens with one attached hydrogen (secondary N) is 2. The first-order valence-corrected chi connectivity index (χ1v) is 6.77. The number of nitrogens with two attached hydrogens (primary N) is 1. The fourth-order valence-corrected chi connectivity index (χ4v) is 2.14. The molecule has 22 heavy (non-hydrogen) atoms. The number of urea groups is 1. The van der Waals surface area contributed by atoms with Gasteiger partial charge in [-0.3, -0.25) is 0 Å². The van der Waals surface area contributed by atoms with E-state index in [1.165, 1.54) is 0 Å². The molecule has 0 aliphatic heterocycles. The monoisotopic (exact) mass is 295 g/mol. The van der Waals surface area contributed by atoms with Gasteiger partial charge < -0.3 is 16.4 Å². The van der Waals surface area contributed by atoms with Gasteiger partial charge in [0, 0.05) is 17.9 Å². The van der Waals surface area contributed by atoms with Crippen molar-refractivity contribution in [2.24, 2.45) is 5.73 Å². The quantitative estimate of drug-likeness (QED) is 0.806. The largest absolute Gasteiger partial charge is 0.365 e. The van der Waals surface area contributed by atoms with E-state index in [1.807, 2.05) is 32.0 Å². The van der Waals surface area contributed by atoms with Crippen LogP contribution in [0.25, 0.3) is 0 Å². The molecule has 0 bridgehead atoms. The summed E-state index contributed by atoms with van der Waals surface area (Å²) in [7, 11) is 0. The minimum atomic E-state index is -0.594. The molecular weight excluding hydrogens is 278 g/mol. The van der Waals surface area contributed by atoms with Crippen LogP contribution in [0.1, 0.15) is 22.4 Å². The number of anilines is 2. The fraction of sp³-hybridized carbons (Fsp3) is 0.188. The van der Waals surface area contributed by atoms with Gasteiger partial charge in [-0.05, 0) is 43.2 Å². The number of nitrogens with zero attached hydrogens (tertiary/aromatic N) is 2. The molecule has 4 N–H and O–H groups in total. The molecule has 6 heteroatoms. The van der Waals surface area contributed by atoms with Gasteiger partial charge in [-0.15, -0.1) is 0 Å². The Labute approximate surface area is 129 Å². The van der Waals surface area contributed by atoms with Crippen molar-refractivity contribution >= 4 is 17.5 Å². The van der Waals surface area contributed by atoms with Gasteiger partial charge in [-0.2, -0.15) is 5.26 Å². The number of amides is 2. The lowest BCUT2D eigenvalue weighted by molar-refractivity contribution is 0.259. The molecule has 1 aromatic carbocycles. The summed E-state index contributed by atoms with van der Waals surface area (Å²) in [6, 6.07) is 10.7. The molecule has 0 atom stereocenters. The molecule has 112 valence electrons. The molecule has 2 aromatic rings. The molecule has 0 aliphatic rings. The molecule has 6 nitrogen and oxygen atoms in total. The number of carbonyl (C=O) groups is 1. The van der Waals surface area contributed by atoms with Crippen LogP contribution in [-0.4, -0.2) is 11.0 Å². The van der Waals surface area contributed by atoms with Gasteiger partial charge >= 0.3 is 6.03 Å². The Morgan fingerprint density at radius 2 is 2.00 bits per heavy atom. The van der Waals surface area contributed by atoms with Gasteiger partial charge in [0.2, 0.25) is 0 Å². The zero-order valence-electron chi connectivity index (χ0n) is 12.5. The maximum Gasteiger partial charge on any atom is 0.316 e. The Balaban J connectivity index is 2.10. The summed E-state index contributed by atoms with van der Waals surface area (Å²) in [5, 5.41) is 14.9. The van der Waals surface area contributed by atoms with Crippen LogP contribution in [0, 0.1) is 25.2 Å². The van der Waals surface area contributed by atoms with E-state index in [1.54, 1.807) is 12.1 Å². The minimum absolute atomic E-state index is 0.529. The summed E-state index contributed by atoms with van der Waals surface area (Å²) < 4.78 is 0. The second kappa shape index (κ2) is 6.59. The normalized spacial score (nSPS) is 9.86. The SMILES string of the molecule is Cc1cc(C)c(C#N)c(NCc2ccc(NC(N)=O)cc2)n1. The first-order chi connectivity index (χ1) is 10.5. The van der Waals surface area contributed by atoms with Crippen molar-refractivity contribution in [3.63, 3.8) is 0 Å². The Morgan fingerprint density at radius 1 is 1.32 bits per heavy atom. The number of hydrogen-bond donors (Lipinski definition) is 3. The first-order valence-electron chi connectivity index (χ1n) is 6.77. The number of benzene rings is 1.